The number of carbonyl (C=O) groups excluding carboxylic acids is 2. The number of fused-ring (bicyclic) bond motifs is 1. The highest BCUT2D eigenvalue weighted by molar-refractivity contribution is 7.16. The minimum Gasteiger partial charge on any atom is -0.479 e. The molecule has 2 heterocycles. The van der Waals surface area contributed by atoms with Gasteiger partial charge in [-0.25, -0.2) is 4.98 Å². The molecule has 136 valence electrons. The van der Waals surface area contributed by atoms with Crippen LogP contribution in [0.15, 0.2) is 48.5 Å². The molecule has 3 aromatic rings. The standard InChI is InChI=1S/C20H17N3O3S/c1-11-18(24)21-15-10-14(8-9-16(15)26-11)17-12(2)27-20(22-17)23-19(25)13-6-4-3-5-7-13/h3-11H,1-2H3,(H,21,24)(H,22,23,25). The van der Waals surface area contributed by atoms with Crippen molar-refractivity contribution in [2.24, 2.45) is 0 Å². The molecule has 2 N–H and O–H groups in total. The van der Waals surface area contributed by atoms with E-state index in [4.69, 9.17) is 4.74 Å². The summed E-state index contributed by atoms with van der Waals surface area (Å²) in [6, 6.07) is 14.6. The van der Waals surface area contributed by atoms with Crippen molar-refractivity contribution in [2.75, 3.05) is 10.6 Å². The smallest absolute Gasteiger partial charge is 0.265 e. The first-order valence-corrected chi connectivity index (χ1v) is 9.28. The molecular formula is C20H17N3O3S. The van der Waals surface area contributed by atoms with Crippen LogP contribution in [0.4, 0.5) is 10.8 Å². The van der Waals surface area contributed by atoms with Crippen LogP contribution < -0.4 is 15.4 Å². The van der Waals surface area contributed by atoms with Gasteiger partial charge in [0.2, 0.25) is 0 Å². The van der Waals surface area contributed by atoms with Crippen molar-refractivity contribution < 1.29 is 14.3 Å². The van der Waals surface area contributed by atoms with Gasteiger partial charge in [-0.2, -0.15) is 0 Å². The molecule has 0 spiro atoms. The summed E-state index contributed by atoms with van der Waals surface area (Å²) in [7, 11) is 0. The van der Waals surface area contributed by atoms with Crippen molar-refractivity contribution in [2.45, 2.75) is 20.0 Å². The fourth-order valence-corrected chi connectivity index (χ4v) is 3.66. The molecule has 0 fully saturated rings. The summed E-state index contributed by atoms with van der Waals surface area (Å²) in [6.07, 6.45) is -0.510. The minimum atomic E-state index is -0.510. The SMILES string of the molecule is Cc1sc(NC(=O)c2ccccc2)nc1-c1ccc2c(c1)NC(=O)C(C)O2. The third kappa shape index (κ3) is 3.41. The van der Waals surface area contributed by atoms with E-state index in [2.05, 4.69) is 15.6 Å². The topological polar surface area (TPSA) is 80.3 Å². The summed E-state index contributed by atoms with van der Waals surface area (Å²) in [4.78, 5) is 29.7. The summed E-state index contributed by atoms with van der Waals surface area (Å²) in [5, 5.41) is 6.21. The Bertz CT molecular complexity index is 1030. The molecule has 0 saturated heterocycles. The van der Waals surface area contributed by atoms with Crippen LogP contribution in [0, 0.1) is 6.92 Å². The number of nitrogens with one attached hydrogen (secondary N) is 2. The Kier molecular flexibility index (Phi) is 4.37. The molecule has 2 amide bonds. The summed E-state index contributed by atoms with van der Waals surface area (Å²) < 4.78 is 5.59. The Hall–Kier alpha value is -3.19. The van der Waals surface area contributed by atoms with Gasteiger partial charge in [-0.05, 0) is 44.2 Å². The summed E-state index contributed by atoms with van der Waals surface area (Å²) in [6.45, 7) is 3.65. The molecular weight excluding hydrogens is 362 g/mol. The molecule has 0 aliphatic carbocycles. The Morgan fingerprint density at radius 1 is 1.22 bits per heavy atom. The number of ether oxygens (including phenoxy) is 1. The zero-order valence-electron chi connectivity index (χ0n) is 14.8. The van der Waals surface area contributed by atoms with Crippen LogP contribution in [0.1, 0.15) is 22.2 Å². The molecule has 1 atom stereocenters. The highest BCUT2D eigenvalue weighted by atomic mass is 32.1. The Labute approximate surface area is 160 Å². The lowest BCUT2D eigenvalue weighted by atomic mass is 10.1. The van der Waals surface area contributed by atoms with Crippen molar-refractivity contribution in [3.63, 3.8) is 0 Å². The van der Waals surface area contributed by atoms with Crippen LogP contribution in [-0.4, -0.2) is 22.9 Å². The van der Waals surface area contributed by atoms with Gasteiger partial charge in [0.05, 0.1) is 11.4 Å². The number of benzene rings is 2. The number of rotatable bonds is 3. The Balaban J connectivity index is 1.60. The van der Waals surface area contributed by atoms with Gasteiger partial charge in [-0.3, -0.25) is 14.9 Å². The van der Waals surface area contributed by atoms with Gasteiger partial charge in [-0.15, -0.1) is 11.3 Å². The van der Waals surface area contributed by atoms with Crippen LogP contribution in [0.3, 0.4) is 0 Å². The maximum Gasteiger partial charge on any atom is 0.265 e. The maximum atomic E-state index is 12.3. The van der Waals surface area contributed by atoms with Crippen LogP contribution in [0.25, 0.3) is 11.3 Å². The van der Waals surface area contributed by atoms with E-state index in [1.807, 2.05) is 43.3 Å². The van der Waals surface area contributed by atoms with Gasteiger partial charge < -0.3 is 10.1 Å². The number of carbonyl (C=O) groups is 2. The number of thiazole rings is 1. The van der Waals surface area contributed by atoms with Gasteiger partial charge >= 0.3 is 0 Å². The zero-order chi connectivity index (χ0) is 19.0. The highest BCUT2D eigenvalue weighted by Gasteiger charge is 2.24. The maximum absolute atomic E-state index is 12.3. The first-order chi connectivity index (χ1) is 13.0. The van der Waals surface area contributed by atoms with E-state index >= 15 is 0 Å². The molecule has 0 radical (unpaired) electrons. The molecule has 7 heteroatoms. The largest absolute Gasteiger partial charge is 0.479 e. The molecule has 27 heavy (non-hydrogen) atoms. The molecule has 2 aromatic carbocycles. The predicted molar refractivity (Wildman–Crippen MR) is 105 cm³/mol. The minimum absolute atomic E-state index is 0.175. The van der Waals surface area contributed by atoms with Gasteiger partial charge in [-0.1, -0.05) is 18.2 Å². The first kappa shape index (κ1) is 17.2. The van der Waals surface area contributed by atoms with E-state index in [-0.39, 0.29) is 11.8 Å². The van der Waals surface area contributed by atoms with Crippen molar-refractivity contribution in [3.8, 4) is 17.0 Å². The summed E-state index contributed by atoms with van der Waals surface area (Å²) in [5.74, 6) is 0.262. The molecule has 1 unspecified atom stereocenters. The lowest BCUT2D eigenvalue weighted by Gasteiger charge is -2.23. The van der Waals surface area contributed by atoms with Crippen LogP contribution >= 0.6 is 11.3 Å². The average molecular weight is 379 g/mol. The second-order valence-electron chi connectivity index (χ2n) is 6.20. The number of aryl methyl sites for hydroxylation is 1. The second-order valence-corrected chi connectivity index (χ2v) is 7.41. The summed E-state index contributed by atoms with van der Waals surface area (Å²) in [5.41, 5.74) is 2.81. The lowest BCUT2D eigenvalue weighted by Crippen LogP contribution is -2.34. The quantitative estimate of drug-likeness (QED) is 0.718. The molecule has 1 aliphatic rings. The van der Waals surface area contributed by atoms with E-state index in [1.54, 1.807) is 19.1 Å². The van der Waals surface area contributed by atoms with Crippen molar-refractivity contribution in [1.82, 2.24) is 4.98 Å². The van der Waals surface area contributed by atoms with E-state index in [0.717, 1.165) is 16.1 Å². The number of hydrogen-bond acceptors (Lipinski definition) is 5. The van der Waals surface area contributed by atoms with Crippen molar-refractivity contribution in [3.05, 3.63) is 59.0 Å². The second kappa shape index (κ2) is 6.85. The zero-order valence-corrected chi connectivity index (χ0v) is 15.6. The number of aromatic nitrogens is 1. The lowest BCUT2D eigenvalue weighted by molar-refractivity contribution is -0.122. The Morgan fingerprint density at radius 3 is 2.78 bits per heavy atom. The number of nitrogens with zero attached hydrogens (tertiary/aromatic N) is 1. The van der Waals surface area contributed by atoms with Crippen molar-refractivity contribution >= 4 is 34.0 Å². The fraction of sp³-hybridized carbons (Fsp3) is 0.150. The van der Waals surface area contributed by atoms with Crippen LogP contribution in [0.5, 0.6) is 5.75 Å². The van der Waals surface area contributed by atoms with E-state index in [9.17, 15) is 9.59 Å². The molecule has 0 saturated carbocycles. The molecule has 1 aliphatic heterocycles. The molecule has 6 nitrogen and oxygen atoms in total. The first-order valence-electron chi connectivity index (χ1n) is 8.47. The van der Waals surface area contributed by atoms with Gasteiger partial charge in [0, 0.05) is 16.0 Å². The Morgan fingerprint density at radius 2 is 2.00 bits per heavy atom. The molecule has 4 rings (SSSR count). The molecule has 0 bridgehead atoms. The third-order valence-corrected chi connectivity index (χ3v) is 5.12. The number of hydrogen-bond donors (Lipinski definition) is 2. The monoisotopic (exact) mass is 379 g/mol. The van der Waals surface area contributed by atoms with Gasteiger partial charge in [0.1, 0.15) is 5.75 Å². The van der Waals surface area contributed by atoms with E-state index in [1.165, 1.54) is 11.3 Å². The fourth-order valence-electron chi connectivity index (χ4n) is 2.83. The van der Waals surface area contributed by atoms with Crippen LogP contribution in [0.2, 0.25) is 0 Å². The van der Waals surface area contributed by atoms with E-state index < -0.39 is 6.10 Å². The normalized spacial score (nSPS) is 15.5. The molecule has 1 aromatic heterocycles. The van der Waals surface area contributed by atoms with E-state index in [0.29, 0.717) is 22.1 Å². The van der Waals surface area contributed by atoms with Gasteiger partial charge in [0.25, 0.3) is 11.8 Å². The number of amides is 2. The highest BCUT2D eigenvalue weighted by Crippen LogP contribution is 2.37. The summed E-state index contributed by atoms with van der Waals surface area (Å²) >= 11 is 1.41. The van der Waals surface area contributed by atoms with Crippen LogP contribution in [-0.2, 0) is 4.79 Å². The van der Waals surface area contributed by atoms with Crippen molar-refractivity contribution in [1.29, 1.82) is 0 Å². The van der Waals surface area contributed by atoms with Gasteiger partial charge in [0.15, 0.2) is 11.2 Å². The average Bonchev–Trinajstić information content (AvgIpc) is 3.03. The predicted octanol–water partition coefficient (Wildman–Crippen LogP) is 4.09. The number of anilines is 2. The third-order valence-electron chi connectivity index (χ3n) is 4.24.